The van der Waals surface area contributed by atoms with Crippen molar-refractivity contribution in [1.29, 1.82) is 0 Å². The molecule has 5 nitrogen and oxygen atoms in total. The summed E-state index contributed by atoms with van der Waals surface area (Å²) in [6.07, 6.45) is 1.43. The molecule has 1 atom stereocenters. The van der Waals surface area contributed by atoms with Crippen LogP contribution in [0.2, 0.25) is 0 Å². The van der Waals surface area contributed by atoms with Gasteiger partial charge in [0.05, 0.1) is 11.2 Å². The van der Waals surface area contributed by atoms with E-state index in [4.69, 9.17) is 4.42 Å². The standard InChI is InChI=1S/C21H21NO4S/c1-15-8-10-18(11-9-15)27(24,25)20(19-7-4-12-26-19)14-22-21(23)17-6-3-5-16(2)13-17/h3-13,20H,14H2,1-2H3,(H,22,23)/t20-/m0/s1. The third-order valence-electron chi connectivity index (χ3n) is 4.31. The van der Waals surface area contributed by atoms with Crippen LogP contribution in [0.25, 0.3) is 0 Å². The summed E-state index contributed by atoms with van der Waals surface area (Å²) >= 11 is 0. The molecule has 0 saturated heterocycles. The molecule has 1 aromatic heterocycles. The van der Waals surface area contributed by atoms with Gasteiger partial charge in [-0.25, -0.2) is 8.42 Å². The lowest BCUT2D eigenvalue weighted by atomic mass is 10.1. The van der Waals surface area contributed by atoms with Crippen LogP contribution in [0.5, 0.6) is 0 Å². The van der Waals surface area contributed by atoms with Gasteiger partial charge in [-0.3, -0.25) is 4.79 Å². The maximum absolute atomic E-state index is 13.1. The fraction of sp³-hybridized carbons (Fsp3) is 0.190. The average molecular weight is 383 g/mol. The van der Waals surface area contributed by atoms with Crippen molar-refractivity contribution in [3.8, 4) is 0 Å². The third-order valence-corrected chi connectivity index (χ3v) is 6.39. The van der Waals surface area contributed by atoms with Crippen LogP contribution in [0.4, 0.5) is 0 Å². The zero-order valence-electron chi connectivity index (χ0n) is 15.2. The molecule has 0 radical (unpaired) electrons. The Kier molecular flexibility index (Phi) is 5.46. The highest BCUT2D eigenvalue weighted by molar-refractivity contribution is 7.91. The SMILES string of the molecule is Cc1ccc(S(=O)(=O)[C@@H](CNC(=O)c2cccc(C)c2)c2ccco2)cc1. The monoisotopic (exact) mass is 383 g/mol. The Morgan fingerprint density at radius 2 is 1.74 bits per heavy atom. The number of furan rings is 1. The molecular weight excluding hydrogens is 362 g/mol. The molecule has 0 aliphatic carbocycles. The van der Waals surface area contributed by atoms with Crippen LogP contribution in [0.1, 0.15) is 32.5 Å². The number of rotatable bonds is 6. The first-order chi connectivity index (χ1) is 12.9. The van der Waals surface area contributed by atoms with Crippen LogP contribution >= 0.6 is 0 Å². The van der Waals surface area contributed by atoms with Crippen molar-refractivity contribution < 1.29 is 17.6 Å². The number of nitrogens with one attached hydrogen (secondary N) is 1. The Morgan fingerprint density at radius 3 is 2.37 bits per heavy atom. The highest BCUT2D eigenvalue weighted by Crippen LogP contribution is 2.29. The molecule has 0 saturated carbocycles. The van der Waals surface area contributed by atoms with E-state index in [2.05, 4.69) is 5.32 Å². The Balaban J connectivity index is 1.86. The minimum Gasteiger partial charge on any atom is -0.468 e. The zero-order valence-corrected chi connectivity index (χ0v) is 16.0. The number of carbonyl (C=O) groups excluding carboxylic acids is 1. The van der Waals surface area contributed by atoms with Crippen LogP contribution < -0.4 is 5.32 Å². The number of benzene rings is 2. The van der Waals surface area contributed by atoms with Crippen LogP contribution in [-0.2, 0) is 9.84 Å². The van der Waals surface area contributed by atoms with E-state index in [0.29, 0.717) is 11.3 Å². The van der Waals surface area contributed by atoms with E-state index in [1.807, 2.05) is 19.9 Å². The van der Waals surface area contributed by atoms with Crippen molar-refractivity contribution in [2.45, 2.75) is 24.0 Å². The second-order valence-electron chi connectivity index (χ2n) is 6.44. The van der Waals surface area contributed by atoms with E-state index in [0.717, 1.165) is 11.1 Å². The van der Waals surface area contributed by atoms with Crippen molar-refractivity contribution in [2.75, 3.05) is 6.54 Å². The van der Waals surface area contributed by atoms with E-state index < -0.39 is 15.1 Å². The molecular formula is C21H21NO4S. The van der Waals surface area contributed by atoms with Crippen molar-refractivity contribution in [1.82, 2.24) is 5.32 Å². The van der Waals surface area contributed by atoms with Crippen molar-refractivity contribution >= 4 is 15.7 Å². The Hall–Kier alpha value is -2.86. The number of hydrogen-bond acceptors (Lipinski definition) is 4. The highest BCUT2D eigenvalue weighted by atomic mass is 32.2. The van der Waals surface area contributed by atoms with Gasteiger partial charge in [0.25, 0.3) is 5.91 Å². The van der Waals surface area contributed by atoms with Gasteiger partial charge >= 0.3 is 0 Å². The molecule has 1 amide bonds. The molecule has 0 aliphatic heterocycles. The normalized spacial score (nSPS) is 12.5. The third kappa shape index (κ3) is 4.28. The first-order valence-corrected chi connectivity index (χ1v) is 10.1. The second-order valence-corrected chi connectivity index (χ2v) is 8.57. The summed E-state index contributed by atoms with van der Waals surface area (Å²) in [5.41, 5.74) is 2.41. The molecule has 27 heavy (non-hydrogen) atoms. The second kappa shape index (κ2) is 7.80. The summed E-state index contributed by atoms with van der Waals surface area (Å²) in [5, 5.41) is 1.71. The van der Waals surface area contributed by atoms with Crippen LogP contribution in [0.3, 0.4) is 0 Å². The predicted octanol–water partition coefficient (Wildman–Crippen LogP) is 3.84. The highest BCUT2D eigenvalue weighted by Gasteiger charge is 2.31. The molecule has 2 aromatic carbocycles. The number of aryl methyl sites for hydroxylation is 2. The molecule has 6 heteroatoms. The van der Waals surface area contributed by atoms with Crippen LogP contribution in [0.15, 0.2) is 76.2 Å². The van der Waals surface area contributed by atoms with Crippen LogP contribution in [-0.4, -0.2) is 20.9 Å². The fourth-order valence-corrected chi connectivity index (χ4v) is 4.39. The molecule has 3 aromatic rings. The van der Waals surface area contributed by atoms with Crippen LogP contribution in [0, 0.1) is 13.8 Å². The molecule has 0 spiro atoms. The maximum atomic E-state index is 13.1. The summed E-state index contributed by atoms with van der Waals surface area (Å²) < 4.78 is 31.6. The lowest BCUT2D eigenvalue weighted by Crippen LogP contribution is -2.31. The number of amides is 1. The van der Waals surface area contributed by atoms with Gasteiger partial charge in [0.15, 0.2) is 9.84 Å². The molecule has 0 aliphatic rings. The molecule has 0 bridgehead atoms. The fourth-order valence-electron chi connectivity index (χ4n) is 2.80. The van der Waals surface area contributed by atoms with Gasteiger partial charge in [0.2, 0.25) is 0 Å². The first kappa shape index (κ1) is 18.9. The summed E-state index contributed by atoms with van der Waals surface area (Å²) in [6.45, 7) is 3.70. The summed E-state index contributed by atoms with van der Waals surface area (Å²) in [6, 6.07) is 17.0. The predicted molar refractivity (Wildman–Crippen MR) is 103 cm³/mol. The van der Waals surface area contributed by atoms with E-state index >= 15 is 0 Å². The summed E-state index contributed by atoms with van der Waals surface area (Å²) in [5.74, 6) is -0.0329. The Bertz CT molecular complexity index is 1020. The van der Waals surface area contributed by atoms with Crippen molar-refractivity contribution in [2.24, 2.45) is 0 Å². The molecule has 0 unspecified atom stereocenters. The largest absolute Gasteiger partial charge is 0.468 e. The lowest BCUT2D eigenvalue weighted by molar-refractivity contribution is 0.0953. The summed E-state index contributed by atoms with van der Waals surface area (Å²) in [7, 11) is -3.74. The maximum Gasteiger partial charge on any atom is 0.251 e. The lowest BCUT2D eigenvalue weighted by Gasteiger charge is -2.17. The van der Waals surface area contributed by atoms with Gasteiger partial charge in [-0.05, 0) is 50.2 Å². The van der Waals surface area contributed by atoms with Gasteiger partial charge in [-0.1, -0.05) is 35.4 Å². The topological polar surface area (TPSA) is 76.4 Å². The van der Waals surface area contributed by atoms with Gasteiger partial charge < -0.3 is 9.73 Å². The van der Waals surface area contributed by atoms with E-state index in [1.54, 1.807) is 54.6 Å². The van der Waals surface area contributed by atoms with Gasteiger partial charge in [0, 0.05) is 12.1 Å². The number of carbonyl (C=O) groups is 1. The zero-order chi connectivity index (χ0) is 19.4. The molecule has 3 rings (SSSR count). The molecule has 1 heterocycles. The van der Waals surface area contributed by atoms with Gasteiger partial charge in [-0.15, -0.1) is 0 Å². The van der Waals surface area contributed by atoms with Crippen molar-refractivity contribution in [3.63, 3.8) is 0 Å². The molecule has 0 fully saturated rings. The Morgan fingerprint density at radius 1 is 1.00 bits per heavy atom. The molecule has 140 valence electrons. The smallest absolute Gasteiger partial charge is 0.251 e. The van der Waals surface area contributed by atoms with Crippen molar-refractivity contribution in [3.05, 3.63) is 89.4 Å². The van der Waals surface area contributed by atoms with E-state index in [-0.39, 0.29) is 17.3 Å². The van der Waals surface area contributed by atoms with E-state index in [1.165, 1.54) is 6.26 Å². The number of hydrogen-bond donors (Lipinski definition) is 1. The minimum atomic E-state index is -3.74. The van der Waals surface area contributed by atoms with Gasteiger partial charge in [0.1, 0.15) is 11.0 Å². The number of sulfone groups is 1. The quantitative estimate of drug-likeness (QED) is 0.702. The summed E-state index contributed by atoms with van der Waals surface area (Å²) in [4.78, 5) is 12.6. The Labute approximate surface area is 159 Å². The first-order valence-electron chi connectivity index (χ1n) is 8.57. The minimum absolute atomic E-state index is 0.0868. The van der Waals surface area contributed by atoms with E-state index in [9.17, 15) is 13.2 Å². The average Bonchev–Trinajstić information content (AvgIpc) is 3.16. The van der Waals surface area contributed by atoms with Gasteiger partial charge in [-0.2, -0.15) is 0 Å². The molecule has 1 N–H and O–H groups in total.